The standard InChI is InChI=1S/C13H15BrN2O4S/c1-7-16(10(6-21-7)12(17)18)13(19)15-8-3-4-11(20-2)9(14)5-8/h3-5,7,10H,6H2,1-2H3,(H,15,19)(H,17,18). The molecule has 0 bridgehead atoms. The zero-order valence-corrected chi connectivity index (χ0v) is 13.9. The number of halogens is 1. The van der Waals surface area contributed by atoms with Gasteiger partial charge in [0.2, 0.25) is 0 Å². The van der Waals surface area contributed by atoms with E-state index in [1.165, 1.54) is 16.7 Å². The van der Waals surface area contributed by atoms with Crippen LogP contribution in [0.4, 0.5) is 10.5 Å². The van der Waals surface area contributed by atoms with E-state index in [-0.39, 0.29) is 5.37 Å². The molecule has 114 valence electrons. The van der Waals surface area contributed by atoms with Crippen molar-refractivity contribution in [1.29, 1.82) is 0 Å². The van der Waals surface area contributed by atoms with Gasteiger partial charge in [0.05, 0.1) is 17.0 Å². The maximum atomic E-state index is 12.3. The summed E-state index contributed by atoms with van der Waals surface area (Å²) in [6.07, 6.45) is 0. The number of anilines is 1. The van der Waals surface area contributed by atoms with Crippen LogP contribution in [0.5, 0.6) is 5.75 Å². The molecule has 0 radical (unpaired) electrons. The van der Waals surface area contributed by atoms with Gasteiger partial charge in [-0.25, -0.2) is 9.59 Å². The van der Waals surface area contributed by atoms with Gasteiger partial charge >= 0.3 is 12.0 Å². The van der Waals surface area contributed by atoms with E-state index in [1.54, 1.807) is 25.3 Å². The monoisotopic (exact) mass is 374 g/mol. The summed E-state index contributed by atoms with van der Waals surface area (Å²) in [7, 11) is 1.55. The van der Waals surface area contributed by atoms with Crippen molar-refractivity contribution in [2.24, 2.45) is 0 Å². The first-order valence-electron chi connectivity index (χ1n) is 6.21. The Hall–Kier alpha value is -1.41. The first-order chi connectivity index (χ1) is 9.93. The van der Waals surface area contributed by atoms with E-state index in [9.17, 15) is 9.59 Å². The molecule has 2 atom stereocenters. The summed E-state index contributed by atoms with van der Waals surface area (Å²) in [5.41, 5.74) is 0.570. The van der Waals surface area contributed by atoms with Crippen molar-refractivity contribution in [3.05, 3.63) is 22.7 Å². The van der Waals surface area contributed by atoms with Crippen molar-refractivity contribution in [2.45, 2.75) is 18.3 Å². The number of thioether (sulfide) groups is 1. The fourth-order valence-corrected chi connectivity index (χ4v) is 3.78. The fraction of sp³-hybridized carbons (Fsp3) is 0.385. The number of urea groups is 1. The molecule has 0 saturated carbocycles. The lowest BCUT2D eigenvalue weighted by atomic mass is 10.3. The van der Waals surface area contributed by atoms with E-state index in [0.717, 1.165) is 0 Å². The fourth-order valence-electron chi connectivity index (χ4n) is 2.07. The number of hydrogen-bond donors (Lipinski definition) is 2. The Morgan fingerprint density at radius 1 is 1.52 bits per heavy atom. The first kappa shape index (κ1) is 16.0. The molecule has 1 aromatic rings. The molecule has 1 aromatic carbocycles. The number of hydrogen-bond acceptors (Lipinski definition) is 4. The Morgan fingerprint density at radius 3 is 2.81 bits per heavy atom. The third-order valence-electron chi connectivity index (χ3n) is 3.15. The normalized spacial score (nSPS) is 21.2. The zero-order valence-electron chi connectivity index (χ0n) is 11.5. The van der Waals surface area contributed by atoms with Crippen molar-refractivity contribution in [3.63, 3.8) is 0 Å². The summed E-state index contributed by atoms with van der Waals surface area (Å²) in [4.78, 5) is 24.8. The van der Waals surface area contributed by atoms with Gasteiger partial charge in [0.15, 0.2) is 0 Å². The number of aliphatic carboxylic acids is 1. The minimum absolute atomic E-state index is 0.173. The molecule has 1 aliphatic rings. The molecule has 8 heteroatoms. The van der Waals surface area contributed by atoms with Gasteiger partial charge in [-0.2, -0.15) is 0 Å². The van der Waals surface area contributed by atoms with Gasteiger partial charge in [0, 0.05) is 11.4 Å². The summed E-state index contributed by atoms with van der Waals surface area (Å²) >= 11 is 4.78. The van der Waals surface area contributed by atoms with E-state index in [0.29, 0.717) is 21.7 Å². The summed E-state index contributed by atoms with van der Waals surface area (Å²) in [5, 5.41) is 11.7. The second kappa shape index (κ2) is 6.57. The Morgan fingerprint density at radius 2 is 2.24 bits per heavy atom. The quantitative estimate of drug-likeness (QED) is 0.850. The highest BCUT2D eigenvalue weighted by atomic mass is 79.9. The largest absolute Gasteiger partial charge is 0.496 e. The van der Waals surface area contributed by atoms with Crippen molar-refractivity contribution in [1.82, 2.24) is 4.90 Å². The zero-order chi connectivity index (χ0) is 15.6. The number of methoxy groups -OCH3 is 1. The van der Waals surface area contributed by atoms with Gasteiger partial charge in [-0.3, -0.25) is 4.90 Å². The van der Waals surface area contributed by atoms with Gasteiger partial charge in [-0.1, -0.05) is 0 Å². The number of nitrogens with zero attached hydrogens (tertiary/aromatic N) is 1. The second-order valence-electron chi connectivity index (χ2n) is 4.47. The van der Waals surface area contributed by atoms with Crippen LogP contribution in [0, 0.1) is 0 Å². The lowest BCUT2D eigenvalue weighted by molar-refractivity contribution is -0.141. The van der Waals surface area contributed by atoms with E-state index < -0.39 is 18.0 Å². The van der Waals surface area contributed by atoms with Gasteiger partial charge < -0.3 is 15.2 Å². The molecule has 2 N–H and O–H groups in total. The molecule has 2 unspecified atom stereocenters. The van der Waals surface area contributed by atoms with Crippen molar-refractivity contribution >= 4 is 45.4 Å². The average molecular weight is 375 g/mol. The van der Waals surface area contributed by atoms with Crippen LogP contribution in [0.2, 0.25) is 0 Å². The van der Waals surface area contributed by atoms with Crippen LogP contribution >= 0.6 is 27.7 Å². The molecule has 0 aromatic heterocycles. The Labute approximate surface area is 135 Å². The van der Waals surface area contributed by atoms with Crippen molar-refractivity contribution in [2.75, 3.05) is 18.2 Å². The van der Waals surface area contributed by atoms with Crippen LogP contribution in [0.15, 0.2) is 22.7 Å². The number of carboxylic acid groups (broad SMARTS) is 1. The number of ether oxygens (including phenoxy) is 1. The molecule has 1 saturated heterocycles. The van der Waals surface area contributed by atoms with Crippen LogP contribution in [0.25, 0.3) is 0 Å². The smallest absolute Gasteiger partial charge is 0.327 e. The lowest BCUT2D eigenvalue weighted by Crippen LogP contribution is -2.46. The number of rotatable bonds is 3. The number of carbonyl (C=O) groups excluding carboxylic acids is 1. The van der Waals surface area contributed by atoms with Gasteiger partial charge in [-0.15, -0.1) is 11.8 Å². The second-order valence-corrected chi connectivity index (χ2v) is 6.68. The molecule has 2 rings (SSSR count). The summed E-state index contributed by atoms with van der Waals surface area (Å²) < 4.78 is 5.83. The number of amides is 2. The number of carbonyl (C=O) groups is 2. The minimum atomic E-state index is -0.988. The van der Waals surface area contributed by atoms with Crippen LogP contribution in [0.3, 0.4) is 0 Å². The molecule has 1 fully saturated rings. The van der Waals surface area contributed by atoms with Crippen LogP contribution < -0.4 is 10.1 Å². The van der Waals surface area contributed by atoms with Gasteiger partial charge in [0.25, 0.3) is 0 Å². The molecule has 2 amide bonds. The average Bonchev–Trinajstić information content (AvgIpc) is 2.81. The van der Waals surface area contributed by atoms with Gasteiger partial charge in [0.1, 0.15) is 11.8 Å². The summed E-state index contributed by atoms with van der Waals surface area (Å²) in [5.74, 6) is 0.0652. The maximum absolute atomic E-state index is 12.3. The maximum Gasteiger partial charge on any atom is 0.327 e. The predicted octanol–water partition coefficient (Wildman–Crippen LogP) is 2.84. The molecule has 21 heavy (non-hydrogen) atoms. The minimum Gasteiger partial charge on any atom is -0.496 e. The Bertz CT molecular complexity index is 569. The van der Waals surface area contributed by atoms with E-state index >= 15 is 0 Å². The molecule has 1 aliphatic heterocycles. The van der Waals surface area contributed by atoms with Crippen LogP contribution in [-0.4, -0.2) is 46.3 Å². The predicted molar refractivity (Wildman–Crippen MR) is 84.9 cm³/mol. The molecular weight excluding hydrogens is 360 g/mol. The van der Waals surface area contributed by atoms with Crippen molar-refractivity contribution in [3.8, 4) is 5.75 Å². The summed E-state index contributed by atoms with van der Waals surface area (Å²) in [6, 6.07) is 3.91. The highest BCUT2D eigenvalue weighted by molar-refractivity contribution is 9.10. The van der Waals surface area contributed by atoms with E-state index in [1.807, 2.05) is 6.92 Å². The molecular formula is C13H15BrN2O4S. The van der Waals surface area contributed by atoms with E-state index in [4.69, 9.17) is 9.84 Å². The van der Waals surface area contributed by atoms with Gasteiger partial charge in [-0.05, 0) is 41.1 Å². The third kappa shape index (κ3) is 3.44. The molecule has 1 heterocycles. The van der Waals surface area contributed by atoms with Crippen molar-refractivity contribution < 1.29 is 19.4 Å². The lowest BCUT2D eigenvalue weighted by Gasteiger charge is -2.25. The Balaban J connectivity index is 2.13. The molecule has 6 nitrogen and oxygen atoms in total. The molecule has 0 spiro atoms. The SMILES string of the molecule is COc1ccc(NC(=O)N2C(C)SCC2C(=O)O)cc1Br. The first-order valence-corrected chi connectivity index (χ1v) is 8.05. The number of benzene rings is 1. The third-order valence-corrected chi connectivity index (χ3v) is 4.98. The topological polar surface area (TPSA) is 78.9 Å². The highest BCUT2D eigenvalue weighted by Gasteiger charge is 2.39. The number of carboxylic acids is 1. The van der Waals surface area contributed by atoms with E-state index in [2.05, 4.69) is 21.2 Å². The Kier molecular flexibility index (Phi) is 5.00. The van der Waals surface area contributed by atoms with Crippen LogP contribution in [-0.2, 0) is 4.79 Å². The highest BCUT2D eigenvalue weighted by Crippen LogP contribution is 2.31. The van der Waals surface area contributed by atoms with Crippen LogP contribution in [0.1, 0.15) is 6.92 Å². The molecule has 0 aliphatic carbocycles. The number of nitrogens with one attached hydrogen (secondary N) is 1. The summed E-state index contributed by atoms with van der Waals surface area (Å²) in [6.45, 7) is 1.82.